The maximum Gasteiger partial charge on any atom is 0.302 e. The van der Waals surface area contributed by atoms with Crippen LogP contribution in [0.1, 0.15) is 39.7 Å². The first-order chi connectivity index (χ1) is 12.4. The molecule has 4 nitrogen and oxygen atoms in total. The Labute approximate surface area is 158 Å². The van der Waals surface area contributed by atoms with Crippen molar-refractivity contribution < 1.29 is 18.7 Å². The number of hydrogen-bond acceptors (Lipinski definition) is 4. The zero-order valence-corrected chi connectivity index (χ0v) is 16.2. The molecule has 1 aliphatic rings. The number of ether oxygens (including phenoxy) is 2. The molecule has 6 heteroatoms. The average Bonchev–Trinajstić information content (AvgIpc) is 3.01. The van der Waals surface area contributed by atoms with E-state index in [-0.39, 0.29) is 18.4 Å². The van der Waals surface area contributed by atoms with E-state index < -0.39 is 5.41 Å². The second-order valence-electron chi connectivity index (χ2n) is 5.88. The summed E-state index contributed by atoms with van der Waals surface area (Å²) in [5, 5.41) is 0.319. The Hall–Kier alpha value is -2.14. The highest BCUT2D eigenvalue weighted by Gasteiger charge is 2.42. The molecule has 1 aromatic carbocycles. The van der Waals surface area contributed by atoms with Crippen molar-refractivity contribution in [3.05, 3.63) is 46.9 Å². The van der Waals surface area contributed by atoms with Crippen LogP contribution in [0.3, 0.4) is 0 Å². The van der Waals surface area contributed by atoms with E-state index in [0.29, 0.717) is 23.2 Å². The van der Waals surface area contributed by atoms with Gasteiger partial charge in [0.25, 0.3) is 0 Å². The molecule has 0 bridgehead atoms. The predicted octanol–water partition coefficient (Wildman–Crippen LogP) is 5.17. The summed E-state index contributed by atoms with van der Waals surface area (Å²) in [5.74, 6) is -0.0497. The number of aromatic nitrogens is 1. The van der Waals surface area contributed by atoms with Gasteiger partial charge in [0.05, 0.1) is 5.41 Å². The maximum absolute atomic E-state index is 13.2. The molecule has 26 heavy (non-hydrogen) atoms. The molecule has 0 radical (unpaired) electrons. The van der Waals surface area contributed by atoms with Crippen molar-refractivity contribution in [3.8, 4) is 17.0 Å². The Bertz CT molecular complexity index is 779. The second kappa shape index (κ2) is 8.49. The fourth-order valence-electron chi connectivity index (χ4n) is 2.89. The number of benzene rings is 1. The molecule has 1 unspecified atom stereocenters. The summed E-state index contributed by atoms with van der Waals surface area (Å²) in [4.78, 5) is 15.6. The van der Waals surface area contributed by atoms with Crippen LogP contribution in [0, 0.1) is 5.82 Å². The van der Waals surface area contributed by atoms with Gasteiger partial charge >= 0.3 is 5.97 Å². The molecule has 0 N–H and O–H groups in total. The van der Waals surface area contributed by atoms with Crippen LogP contribution in [-0.2, 0) is 14.9 Å². The third-order valence-corrected chi connectivity index (χ3v) is 4.55. The third-order valence-electron chi connectivity index (χ3n) is 4.35. The van der Waals surface area contributed by atoms with E-state index in [4.69, 9.17) is 21.1 Å². The fourth-order valence-corrected chi connectivity index (χ4v) is 3.08. The molecule has 3 rings (SSSR count). The van der Waals surface area contributed by atoms with Crippen molar-refractivity contribution in [2.45, 2.75) is 39.5 Å². The largest absolute Gasteiger partial charge is 0.490 e. The maximum atomic E-state index is 13.2. The van der Waals surface area contributed by atoms with Crippen LogP contribution in [0.25, 0.3) is 11.3 Å². The van der Waals surface area contributed by atoms with Gasteiger partial charge in [0, 0.05) is 18.1 Å². The van der Waals surface area contributed by atoms with Gasteiger partial charge in [-0.15, -0.1) is 0 Å². The van der Waals surface area contributed by atoms with Crippen LogP contribution >= 0.6 is 11.6 Å². The molecular weight excluding hydrogens is 357 g/mol. The van der Waals surface area contributed by atoms with Gasteiger partial charge in [-0.1, -0.05) is 32.4 Å². The van der Waals surface area contributed by atoms with Gasteiger partial charge in [0.15, 0.2) is 0 Å². The molecule has 0 aliphatic carbocycles. The number of halogens is 2. The van der Waals surface area contributed by atoms with Crippen molar-refractivity contribution in [2.24, 2.45) is 0 Å². The van der Waals surface area contributed by atoms with E-state index in [1.807, 2.05) is 20.8 Å². The molecule has 0 fully saturated rings. The SMILES string of the molecule is CC.CCC1(COC(C)=O)COc2c1cc(Cl)nc2-c1ccc(F)cc1. The van der Waals surface area contributed by atoms with Gasteiger partial charge in [-0.3, -0.25) is 4.79 Å². The van der Waals surface area contributed by atoms with Gasteiger partial charge in [-0.05, 0) is 36.8 Å². The Kier molecular flexibility index (Phi) is 6.59. The minimum absolute atomic E-state index is 0.217. The van der Waals surface area contributed by atoms with E-state index in [1.54, 1.807) is 18.2 Å². The molecule has 2 heterocycles. The highest BCUT2D eigenvalue weighted by Crippen LogP contribution is 2.46. The van der Waals surface area contributed by atoms with Crippen molar-refractivity contribution in [1.82, 2.24) is 4.98 Å². The van der Waals surface area contributed by atoms with Crippen LogP contribution in [-0.4, -0.2) is 24.2 Å². The van der Waals surface area contributed by atoms with Crippen molar-refractivity contribution in [3.63, 3.8) is 0 Å². The Morgan fingerprint density at radius 2 is 2.00 bits per heavy atom. The highest BCUT2D eigenvalue weighted by atomic mass is 35.5. The molecule has 0 spiro atoms. The normalized spacial score (nSPS) is 17.6. The van der Waals surface area contributed by atoms with E-state index in [0.717, 1.165) is 17.5 Å². The average molecular weight is 380 g/mol. The highest BCUT2D eigenvalue weighted by molar-refractivity contribution is 6.29. The van der Waals surface area contributed by atoms with Crippen LogP contribution in [0.2, 0.25) is 5.15 Å². The molecule has 2 aromatic rings. The number of pyridine rings is 1. The smallest absolute Gasteiger partial charge is 0.302 e. The topological polar surface area (TPSA) is 48.4 Å². The van der Waals surface area contributed by atoms with Gasteiger partial charge in [0.2, 0.25) is 0 Å². The first-order valence-corrected chi connectivity index (χ1v) is 9.06. The zero-order chi connectivity index (χ0) is 19.3. The first kappa shape index (κ1) is 20.2. The molecule has 1 atom stereocenters. The van der Waals surface area contributed by atoms with E-state index in [9.17, 15) is 9.18 Å². The monoisotopic (exact) mass is 379 g/mol. The van der Waals surface area contributed by atoms with Crippen molar-refractivity contribution in [1.29, 1.82) is 0 Å². The molecule has 0 amide bonds. The summed E-state index contributed by atoms with van der Waals surface area (Å²) < 4.78 is 24.3. The lowest BCUT2D eigenvalue weighted by Gasteiger charge is -2.25. The summed E-state index contributed by atoms with van der Waals surface area (Å²) >= 11 is 6.21. The minimum atomic E-state index is -0.456. The number of esters is 1. The summed E-state index contributed by atoms with van der Waals surface area (Å²) in [5.41, 5.74) is 1.69. The lowest BCUT2D eigenvalue weighted by molar-refractivity contribution is -0.143. The van der Waals surface area contributed by atoms with Crippen LogP contribution in [0.15, 0.2) is 30.3 Å². The lowest BCUT2D eigenvalue weighted by atomic mass is 9.80. The van der Waals surface area contributed by atoms with E-state index in [2.05, 4.69) is 4.98 Å². The minimum Gasteiger partial charge on any atom is -0.490 e. The fraction of sp³-hybridized carbons (Fsp3) is 0.400. The van der Waals surface area contributed by atoms with Gasteiger partial charge in [-0.25, -0.2) is 9.37 Å². The van der Waals surface area contributed by atoms with Crippen molar-refractivity contribution in [2.75, 3.05) is 13.2 Å². The Morgan fingerprint density at radius 3 is 2.58 bits per heavy atom. The van der Waals surface area contributed by atoms with Crippen LogP contribution in [0.4, 0.5) is 4.39 Å². The summed E-state index contributed by atoms with van der Waals surface area (Å²) in [7, 11) is 0. The first-order valence-electron chi connectivity index (χ1n) is 8.68. The number of rotatable bonds is 4. The molecule has 1 aliphatic heterocycles. The number of carbonyl (C=O) groups excluding carboxylic acids is 1. The molecule has 140 valence electrons. The molecule has 0 saturated heterocycles. The molecular formula is C20H23ClFNO3. The standard InChI is InChI=1S/C18H17ClFNO3.C2H6/c1-3-18(9-23-11(2)22)10-24-17-14(18)8-15(19)21-16(17)12-4-6-13(20)7-5-12;1-2/h4-8H,3,9-10H2,1-2H3;1-2H3. The van der Waals surface area contributed by atoms with Gasteiger partial charge in [0.1, 0.15) is 35.6 Å². The van der Waals surface area contributed by atoms with Gasteiger partial charge < -0.3 is 9.47 Å². The van der Waals surface area contributed by atoms with Crippen LogP contribution < -0.4 is 4.74 Å². The van der Waals surface area contributed by atoms with E-state index in [1.165, 1.54) is 19.1 Å². The predicted molar refractivity (Wildman–Crippen MR) is 100 cm³/mol. The second-order valence-corrected chi connectivity index (χ2v) is 6.27. The number of nitrogens with zero attached hydrogens (tertiary/aromatic N) is 1. The number of fused-ring (bicyclic) bond motifs is 1. The van der Waals surface area contributed by atoms with Crippen LogP contribution in [0.5, 0.6) is 5.75 Å². The van der Waals surface area contributed by atoms with Gasteiger partial charge in [-0.2, -0.15) is 0 Å². The molecule has 1 aromatic heterocycles. The molecule has 0 saturated carbocycles. The number of hydrogen-bond donors (Lipinski definition) is 0. The number of carbonyl (C=O) groups is 1. The van der Waals surface area contributed by atoms with Crippen molar-refractivity contribution >= 4 is 17.6 Å². The summed E-state index contributed by atoms with van der Waals surface area (Å²) in [6.07, 6.45) is 0.719. The lowest BCUT2D eigenvalue weighted by Crippen LogP contribution is -2.33. The zero-order valence-electron chi connectivity index (χ0n) is 15.4. The Morgan fingerprint density at radius 1 is 1.35 bits per heavy atom. The quantitative estimate of drug-likeness (QED) is 0.543. The Balaban J connectivity index is 0.00000117. The third kappa shape index (κ3) is 3.98. The van der Waals surface area contributed by atoms with E-state index >= 15 is 0 Å². The summed E-state index contributed by atoms with van der Waals surface area (Å²) in [6, 6.07) is 7.76. The summed E-state index contributed by atoms with van der Waals surface area (Å²) in [6.45, 7) is 7.98.